The third-order valence-corrected chi connectivity index (χ3v) is 4.60. The molecule has 2 rings (SSSR count). The zero-order valence-electron chi connectivity index (χ0n) is 15.2. The summed E-state index contributed by atoms with van der Waals surface area (Å²) in [6.45, 7) is 6.85. The minimum atomic E-state index is -0.258. The number of halogens is 1. The summed E-state index contributed by atoms with van der Waals surface area (Å²) >= 11 is 0. The van der Waals surface area contributed by atoms with Crippen LogP contribution in [0.15, 0.2) is 24.3 Å². The number of likely N-dealkylation sites (tertiary alicyclic amines) is 1. The Balaban J connectivity index is 1.95. The van der Waals surface area contributed by atoms with E-state index < -0.39 is 0 Å². The molecule has 1 fully saturated rings. The number of benzene rings is 1. The molecule has 138 valence electrons. The fourth-order valence-corrected chi connectivity index (χ4v) is 3.14. The third-order valence-electron chi connectivity index (χ3n) is 4.60. The lowest BCUT2D eigenvalue weighted by molar-refractivity contribution is -0.119. The maximum absolute atomic E-state index is 13.1. The Hall–Kier alpha value is -2.11. The van der Waals surface area contributed by atoms with Crippen LogP contribution in [0.4, 0.5) is 9.18 Å². The molecular weight excluding hydrogens is 321 g/mol. The smallest absolute Gasteiger partial charge is 0.317 e. The Bertz CT molecular complexity index is 589. The zero-order chi connectivity index (χ0) is 18.4. The van der Waals surface area contributed by atoms with Gasteiger partial charge in [0.15, 0.2) is 0 Å². The van der Waals surface area contributed by atoms with Crippen molar-refractivity contribution in [2.75, 3.05) is 13.1 Å². The van der Waals surface area contributed by atoms with E-state index in [2.05, 4.69) is 24.5 Å². The maximum atomic E-state index is 13.1. The van der Waals surface area contributed by atoms with Crippen LogP contribution >= 0.6 is 0 Å². The topological polar surface area (TPSA) is 61.4 Å². The highest BCUT2D eigenvalue weighted by atomic mass is 19.1. The summed E-state index contributed by atoms with van der Waals surface area (Å²) in [7, 11) is 0. The molecular formula is C19H28FN3O2. The predicted molar refractivity (Wildman–Crippen MR) is 95.7 cm³/mol. The first kappa shape index (κ1) is 19.2. The van der Waals surface area contributed by atoms with Gasteiger partial charge in [-0.05, 0) is 42.9 Å². The Morgan fingerprint density at radius 2 is 1.96 bits per heavy atom. The Labute approximate surface area is 149 Å². The average Bonchev–Trinajstić information content (AvgIpc) is 2.55. The van der Waals surface area contributed by atoms with Gasteiger partial charge in [-0.2, -0.15) is 0 Å². The number of rotatable bonds is 5. The summed E-state index contributed by atoms with van der Waals surface area (Å²) < 4.78 is 13.1. The van der Waals surface area contributed by atoms with Crippen molar-refractivity contribution in [3.05, 3.63) is 35.6 Å². The summed E-state index contributed by atoms with van der Waals surface area (Å²) in [6, 6.07) is 6.28. The van der Waals surface area contributed by atoms with Crippen LogP contribution < -0.4 is 10.6 Å². The van der Waals surface area contributed by atoms with Gasteiger partial charge < -0.3 is 15.5 Å². The van der Waals surface area contributed by atoms with Crippen molar-refractivity contribution in [1.82, 2.24) is 15.5 Å². The van der Waals surface area contributed by atoms with E-state index in [1.807, 2.05) is 0 Å². The molecule has 1 aliphatic rings. The average molecular weight is 349 g/mol. The Kier molecular flexibility index (Phi) is 6.79. The van der Waals surface area contributed by atoms with Crippen LogP contribution in [0.1, 0.15) is 39.2 Å². The number of nitrogens with zero attached hydrogens (tertiary/aromatic N) is 1. The van der Waals surface area contributed by atoms with Crippen LogP contribution in [0.2, 0.25) is 0 Å². The molecule has 1 saturated heterocycles. The van der Waals surface area contributed by atoms with E-state index in [-0.39, 0.29) is 35.8 Å². The van der Waals surface area contributed by atoms with Crippen molar-refractivity contribution in [2.24, 2.45) is 5.92 Å². The normalized spacial score (nSPS) is 18.8. The van der Waals surface area contributed by atoms with Crippen LogP contribution in [0.5, 0.6) is 0 Å². The summed E-state index contributed by atoms with van der Waals surface area (Å²) in [4.78, 5) is 25.6. The number of amides is 3. The first-order valence-corrected chi connectivity index (χ1v) is 8.92. The lowest BCUT2D eigenvalue weighted by Crippen LogP contribution is -2.54. The first-order chi connectivity index (χ1) is 11.8. The molecule has 5 nitrogen and oxygen atoms in total. The van der Waals surface area contributed by atoms with Gasteiger partial charge in [-0.15, -0.1) is 0 Å². The van der Waals surface area contributed by atoms with Gasteiger partial charge >= 0.3 is 6.03 Å². The van der Waals surface area contributed by atoms with Crippen molar-refractivity contribution >= 4 is 11.9 Å². The van der Waals surface area contributed by atoms with E-state index >= 15 is 0 Å². The van der Waals surface area contributed by atoms with Crippen LogP contribution in [-0.4, -0.2) is 42.0 Å². The molecule has 0 radical (unpaired) electrons. The number of urea groups is 1. The Morgan fingerprint density at radius 3 is 2.56 bits per heavy atom. The van der Waals surface area contributed by atoms with Gasteiger partial charge in [-0.3, -0.25) is 4.79 Å². The van der Waals surface area contributed by atoms with E-state index in [1.165, 1.54) is 19.1 Å². The monoisotopic (exact) mass is 349 g/mol. The maximum Gasteiger partial charge on any atom is 0.317 e. The molecule has 1 heterocycles. The summed E-state index contributed by atoms with van der Waals surface area (Å²) in [5.74, 6) is -0.0697. The standard InChI is InChI=1S/C19H28FN3O2/c1-13(2)18(11-15-6-8-16(20)9-7-15)22-19(25)23-10-4-5-17(12-23)21-14(3)24/h6-9,13,17-18H,4-5,10-12H2,1-3H3,(H,21,24)(H,22,25)/t17-,18-/m1/s1. The van der Waals surface area contributed by atoms with Gasteiger partial charge in [0, 0.05) is 32.1 Å². The molecule has 0 aromatic heterocycles. The number of carbonyl (C=O) groups excluding carboxylic acids is 2. The van der Waals surface area contributed by atoms with E-state index in [9.17, 15) is 14.0 Å². The molecule has 1 aliphatic heterocycles. The first-order valence-electron chi connectivity index (χ1n) is 8.92. The van der Waals surface area contributed by atoms with Crippen molar-refractivity contribution in [1.29, 1.82) is 0 Å². The molecule has 0 saturated carbocycles. The molecule has 0 aliphatic carbocycles. The molecule has 0 bridgehead atoms. The molecule has 0 spiro atoms. The van der Waals surface area contributed by atoms with Crippen LogP contribution in [0, 0.1) is 11.7 Å². The number of carbonyl (C=O) groups is 2. The summed E-state index contributed by atoms with van der Waals surface area (Å²) in [5.41, 5.74) is 0.996. The predicted octanol–water partition coefficient (Wildman–Crippen LogP) is 2.70. The Morgan fingerprint density at radius 1 is 1.28 bits per heavy atom. The number of hydrogen-bond donors (Lipinski definition) is 2. The summed E-state index contributed by atoms with van der Waals surface area (Å²) in [5, 5.41) is 6.00. The SMILES string of the molecule is CC(=O)N[C@@H]1CCCN(C(=O)N[C@H](Cc2ccc(F)cc2)C(C)C)C1. The van der Waals surface area contributed by atoms with E-state index in [4.69, 9.17) is 0 Å². The van der Waals surface area contributed by atoms with Crippen LogP contribution in [0.25, 0.3) is 0 Å². The van der Waals surface area contributed by atoms with E-state index in [1.54, 1.807) is 17.0 Å². The molecule has 1 aromatic carbocycles. The minimum absolute atomic E-state index is 0.0200. The largest absolute Gasteiger partial charge is 0.352 e. The number of nitrogens with one attached hydrogen (secondary N) is 2. The van der Waals surface area contributed by atoms with Gasteiger partial charge in [0.1, 0.15) is 5.82 Å². The van der Waals surface area contributed by atoms with E-state index in [0.717, 1.165) is 18.4 Å². The van der Waals surface area contributed by atoms with Crippen molar-refractivity contribution in [3.63, 3.8) is 0 Å². The fourth-order valence-electron chi connectivity index (χ4n) is 3.14. The van der Waals surface area contributed by atoms with Crippen molar-refractivity contribution in [2.45, 2.75) is 52.1 Å². The van der Waals surface area contributed by atoms with Gasteiger partial charge in [0.05, 0.1) is 0 Å². The fraction of sp³-hybridized carbons (Fsp3) is 0.579. The van der Waals surface area contributed by atoms with Crippen LogP contribution in [0.3, 0.4) is 0 Å². The molecule has 6 heteroatoms. The highest BCUT2D eigenvalue weighted by molar-refractivity contribution is 5.75. The highest BCUT2D eigenvalue weighted by Crippen LogP contribution is 2.14. The summed E-state index contributed by atoms with van der Waals surface area (Å²) in [6.07, 6.45) is 2.43. The van der Waals surface area contributed by atoms with Gasteiger partial charge in [0.25, 0.3) is 0 Å². The lowest BCUT2D eigenvalue weighted by atomic mass is 9.96. The number of hydrogen-bond acceptors (Lipinski definition) is 2. The quantitative estimate of drug-likeness (QED) is 0.859. The molecule has 2 N–H and O–H groups in total. The van der Waals surface area contributed by atoms with Crippen molar-refractivity contribution < 1.29 is 14.0 Å². The highest BCUT2D eigenvalue weighted by Gasteiger charge is 2.26. The molecule has 0 unspecified atom stereocenters. The van der Waals surface area contributed by atoms with E-state index in [0.29, 0.717) is 19.5 Å². The molecule has 2 atom stereocenters. The second-order valence-corrected chi connectivity index (χ2v) is 7.12. The van der Waals surface area contributed by atoms with Crippen LogP contribution in [-0.2, 0) is 11.2 Å². The van der Waals surface area contributed by atoms with Gasteiger partial charge in [-0.1, -0.05) is 26.0 Å². The van der Waals surface area contributed by atoms with Gasteiger partial charge in [-0.25, -0.2) is 9.18 Å². The second kappa shape index (κ2) is 8.83. The molecule has 1 aromatic rings. The second-order valence-electron chi connectivity index (χ2n) is 7.12. The van der Waals surface area contributed by atoms with Crippen molar-refractivity contribution in [3.8, 4) is 0 Å². The molecule has 25 heavy (non-hydrogen) atoms. The molecule has 3 amide bonds. The van der Waals surface area contributed by atoms with Gasteiger partial charge in [0.2, 0.25) is 5.91 Å². The zero-order valence-corrected chi connectivity index (χ0v) is 15.2. The minimum Gasteiger partial charge on any atom is -0.352 e. The third kappa shape index (κ3) is 6.03. The number of piperidine rings is 1. The lowest BCUT2D eigenvalue weighted by Gasteiger charge is -2.34.